The van der Waals surface area contributed by atoms with E-state index in [0.717, 1.165) is 51.4 Å². The number of nitrogens with zero attached hydrogens (tertiary/aromatic N) is 1. The number of aliphatic imine (C=N–C) groups is 1. The number of guanidine groups is 1. The van der Waals surface area contributed by atoms with Crippen LogP contribution < -0.4 is 11.1 Å². The number of nitrogens with two attached hydrogens (primary N) is 1. The maximum atomic E-state index is 5.68. The van der Waals surface area contributed by atoms with Gasteiger partial charge in [-0.2, -0.15) is 0 Å². The normalized spacial score (nSPS) is 20.1. The quantitative estimate of drug-likeness (QED) is 0.293. The van der Waals surface area contributed by atoms with Crippen LogP contribution in [0.5, 0.6) is 0 Å². The maximum absolute atomic E-state index is 5.68. The fraction of sp³-hybridized carbons (Fsp3) is 0.769. The summed E-state index contributed by atoms with van der Waals surface area (Å²) < 4.78 is 10.9. The molecule has 5 heteroatoms. The summed E-state index contributed by atoms with van der Waals surface area (Å²) in [5.74, 6) is 1.06. The summed E-state index contributed by atoms with van der Waals surface area (Å²) in [6, 6.07) is 0. The van der Waals surface area contributed by atoms with Gasteiger partial charge in [0.05, 0.1) is 19.8 Å². The average Bonchev–Trinajstić information content (AvgIpc) is 2.84. The van der Waals surface area contributed by atoms with E-state index in [1.165, 1.54) is 0 Å². The smallest absolute Gasteiger partial charge is 0.188 e. The zero-order valence-corrected chi connectivity index (χ0v) is 11.3. The fourth-order valence-corrected chi connectivity index (χ4v) is 1.63. The van der Waals surface area contributed by atoms with Gasteiger partial charge in [-0.25, -0.2) is 4.99 Å². The van der Waals surface area contributed by atoms with Gasteiger partial charge in [0.25, 0.3) is 0 Å². The number of ether oxygens (including phenoxy) is 2. The molecule has 0 saturated carbocycles. The minimum absolute atomic E-state index is 0.474. The maximum Gasteiger partial charge on any atom is 0.188 e. The standard InChI is InChI=1S/C13H25N3O2/c1-11(2)8-16-13(14)15-5-3-6-17-9-12-4-7-18-10-12/h12H,1,3-10H2,2H3,(H3,14,15,16). The van der Waals surface area contributed by atoms with Crippen LogP contribution in [0.1, 0.15) is 19.8 Å². The highest BCUT2D eigenvalue weighted by Crippen LogP contribution is 2.12. The minimum atomic E-state index is 0.474. The Bertz CT molecular complexity index is 273. The van der Waals surface area contributed by atoms with Crippen LogP contribution >= 0.6 is 0 Å². The van der Waals surface area contributed by atoms with Crippen molar-refractivity contribution in [2.75, 3.05) is 39.5 Å². The predicted molar refractivity (Wildman–Crippen MR) is 73.7 cm³/mol. The Hall–Kier alpha value is -1.07. The van der Waals surface area contributed by atoms with Crippen molar-refractivity contribution in [2.45, 2.75) is 19.8 Å². The Balaban J connectivity index is 1.91. The molecule has 3 N–H and O–H groups in total. The van der Waals surface area contributed by atoms with Gasteiger partial charge in [0.2, 0.25) is 0 Å². The Morgan fingerprint density at radius 1 is 1.61 bits per heavy atom. The summed E-state index contributed by atoms with van der Waals surface area (Å²) in [6.07, 6.45) is 2.05. The lowest BCUT2D eigenvalue weighted by molar-refractivity contribution is 0.0888. The van der Waals surface area contributed by atoms with Crippen molar-refractivity contribution < 1.29 is 9.47 Å². The van der Waals surface area contributed by atoms with Crippen molar-refractivity contribution in [3.63, 3.8) is 0 Å². The van der Waals surface area contributed by atoms with Crippen LogP contribution in [0.25, 0.3) is 0 Å². The molecule has 0 radical (unpaired) electrons. The molecule has 1 aliphatic heterocycles. The third kappa shape index (κ3) is 7.29. The van der Waals surface area contributed by atoms with Crippen LogP contribution in [-0.2, 0) is 9.47 Å². The molecule has 0 amide bonds. The molecule has 1 unspecified atom stereocenters. The Morgan fingerprint density at radius 2 is 2.44 bits per heavy atom. The number of hydrogen-bond donors (Lipinski definition) is 2. The summed E-state index contributed by atoms with van der Waals surface area (Å²) in [4.78, 5) is 4.13. The van der Waals surface area contributed by atoms with E-state index in [9.17, 15) is 0 Å². The molecule has 5 nitrogen and oxygen atoms in total. The van der Waals surface area contributed by atoms with Gasteiger partial charge in [0, 0.05) is 25.7 Å². The monoisotopic (exact) mass is 255 g/mol. The lowest BCUT2D eigenvalue weighted by Gasteiger charge is -2.09. The van der Waals surface area contributed by atoms with Crippen LogP contribution in [0.2, 0.25) is 0 Å². The SMILES string of the molecule is C=C(C)CN=C(N)NCCCOCC1CCOC1. The fourth-order valence-electron chi connectivity index (χ4n) is 1.63. The number of hydrogen-bond acceptors (Lipinski definition) is 3. The third-order valence-electron chi connectivity index (χ3n) is 2.67. The minimum Gasteiger partial charge on any atom is -0.381 e. The predicted octanol–water partition coefficient (Wildman–Crippen LogP) is 0.910. The van der Waals surface area contributed by atoms with Crippen LogP contribution in [0.4, 0.5) is 0 Å². The van der Waals surface area contributed by atoms with Gasteiger partial charge in [0.15, 0.2) is 5.96 Å². The van der Waals surface area contributed by atoms with Crippen LogP contribution in [-0.4, -0.2) is 45.5 Å². The molecule has 0 aromatic carbocycles. The van der Waals surface area contributed by atoms with Gasteiger partial charge in [0.1, 0.15) is 0 Å². The number of rotatable bonds is 8. The van der Waals surface area contributed by atoms with E-state index < -0.39 is 0 Å². The molecule has 1 heterocycles. The molecule has 0 bridgehead atoms. The second-order valence-corrected chi connectivity index (χ2v) is 4.74. The van der Waals surface area contributed by atoms with Gasteiger partial charge < -0.3 is 20.5 Å². The molecule has 0 spiro atoms. The molecule has 104 valence electrons. The van der Waals surface area contributed by atoms with Gasteiger partial charge in [-0.1, -0.05) is 12.2 Å². The van der Waals surface area contributed by atoms with E-state index >= 15 is 0 Å². The van der Waals surface area contributed by atoms with Crippen molar-refractivity contribution in [3.05, 3.63) is 12.2 Å². The van der Waals surface area contributed by atoms with E-state index in [1.54, 1.807) is 0 Å². The molecule has 0 aliphatic carbocycles. The Morgan fingerprint density at radius 3 is 3.11 bits per heavy atom. The molecule has 18 heavy (non-hydrogen) atoms. The van der Waals surface area contributed by atoms with E-state index in [1.807, 2.05) is 6.92 Å². The van der Waals surface area contributed by atoms with Crippen molar-refractivity contribution in [3.8, 4) is 0 Å². The highest BCUT2D eigenvalue weighted by molar-refractivity contribution is 5.77. The first-order chi connectivity index (χ1) is 8.68. The second kappa shape index (κ2) is 8.94. The van der Waals surface area contributed by atoms with Crippen LogP contribution in [0, 0.1) is 5.92 Å². The van der Waals surface area contributed by atoms with E-state index in [2.05, 4.69) is 16.9 Å². The summed E-state index contributed by atoms with van der Waals surface area (Å²) in [6.45, 7) is 10.3. The van der Waals surface area contributed by atoms with E-state index in [4.69, 9.17) is 15.2 Å². The lowest BCUT2D eigenvalue weighted by Crippen LogP contribution is -2.33. The zero-order chi connectivity index (χ0) is 13.2. The Labute approximate surface area is 109 Å². The first kappa shape index (κ1) is 15.0. The molecular weight excluding hydrogens is 230 g/mol. The van der Waals surface area contributed by atoms with Gasteiger partial charge in [-0.3, -0.25) is 0 Å². The highest BCUT2D eigenvalue weighted by Gasteiger charge is 2.14. The summed E-state index contributed by atoms with van der Waals surface area (Å²) in [7, 11) is 0. The summed E-state index contributed by atoms with van der Waals surface area (Å²) >= 11 is 0. The van der Waals surface area contributed by atoms with Crippen molar-refractivity contribution in [1.29, 1.82) is 0 Å². The van der Waals surface area contributed by atoms with Crippen molar-refractivity contribution in [1.82, 2.24) is 5.32 Å². The van der Waals surface area contributed by atoms with E-state index in [-0.39, 0.29) is 0 Å². The summed E-state index contributed by atoms with van der Waals surface area (Å²) in [5.41, 5.74) is 6.68. The average molecular weight is 255 g/mol. The van der Waals surface area contributed by atoms with Crippen LogP contribution in [0.15, 0.2) is 17.1 Å². The molecule has 1 rings (SSSR count). The lowest BCUT2D eigenvalue weighted by atomic mass is 10.1. The van der Waals surface area contributed by atoms with Gasteiger partial charge >= 0.3 is 0 Å². The topological polar surface area (TPSA) is 68.9 Å². The van der Waals surface area contributed by atoms with E-state index in [0.29, 0.717) is 18.4 Å². The molecule has 0 aromatic rings. The largest absolute Gasteiger partial charge is 0.381 e. The third-order valence-corrected chi connectivity index (χ3v) is 2.67. The van der Waals surface area contributed by atoms with Crippen LogP contribution in [0.3, 0.4) is 0 Å². The van der Waals surface area contributed by atoms with Gasteiger partial charge in [-0.15, -0.1) is 0 Å². The molecule has 1 saturated heterocycles. The molecule has 1 aliphatic rings. The molecular formula is C13H25N3O2. The number of nitrogens with one attached hydrogen (secondary N) is 1. The van der Waals surface area contributed by atoms with Gasteiger partial charge in [-0.05, 0) is 19.8 Å². The first-order valence-corrected chi connectivity index (χ1v) is 6.52. The first-order valence-electron chi connectivity index (χ1n) is 6.52. The van der Waals surface area contributed by atoms with Crippen molar-refractivity contribution in [2.24, 2.45) is 16.6 Å². The van der Waals surface area contributed by atoms with Crippen molar-refractivity contribution >= 4 is 5.96 Å². The zero-order valence-electron chi connectivity index (χ0n) is 11.3. The molecule has 1 fully saturated rings. The summed E-state index contributed by atoms with van der Waals surface area (Å²) in [5, 5.41) is 3.05. The Kier molecular flexibility index (Phi) is 7.44. The molecule has 1 atom stereocenters. The molecule has 0 aromatic heterocycles. The second-order valence-electron chi connectivity index (χ2n) is 4.74. The highest BCUT2D eigenvalue weighted by atomic mass is 16.5.